The largest absolute Gasteiger partial charge is 0.326 e. The first-order valence-electron chi connectivity index (χ1n) is 5.49. The maximum Gasteiger partial charge on any atom is 0.265 e. The minimum atomic E-state index is -0.225. The molecular formula is C13H11ClN2O2S. The first-order chi connectivity index (χ1) is 9.04. The van der Waals surface area contributed by atoms with E-state index in [1.807, 2.05) is 0 Å². The molecule has 0 spiro atoms. The Balaban J connectivity index is 2.10. The van der Waals surface area contributed by atoms with Crippen molar-refractivity contribution in [3.8, 4) is 0 Å². The lowest BCUT2D eigenvalue weighted by Gasteiger charge is -2.06. The average molecular weight is 295 g/mol. The van der Waals surface area contributed by atoms with Crippen molar-refractivity contribution in [1.29, 1.82) is 0 Å². The number of thiophene rings is 1. The van der Waals surface area contributed by atoms with Crippen molar-refractivity contribution >= 4 is 46.1 Å². The van der Waals surface area contributed by atoms with Crippen LogP contribution in [0.25, 0.3) is 0 Å². The maximum atomic E-state index is 11.9. The molecule has 98 valence electrons. The van der Waals surface area contributed by atoms with Crippen molar-refractivity contribution in [2.75, 3.05) is 10.6 Å². The molecule has 0 saturated carbocycles. The quantitative estimate of drug-likeness (QED) is 0.908. The number of rotatable bonds is 3. The molecular weight excluding hydrogens is 284 g/mol. The van der Waals surface area contributed by atoms with Crippen LogP contribution in [0.1, 0.15) is 16.6 Å². The van der Waals surface area contributed by atoms with Crippen LogP contribution in [-0.2, 0) is 4.79 Å². The molecule has 1 aromatic carbocycles. The summed E-state index contributed by atoms with van der Waals surface area (Å²) in [6.07, 6.45) is 0. The summed E-state index contributed by atoms with van der Waals surface area (Å²) in [5.41, 5.74) is 1.25. The summed E-state index contributed by atoms with van der Waals surface area (Å²) in [6.45, 7) is 1.43. The van der Waals surface area contributed by atoms with Gasteiger partial charge in [-0.1, -0.05) is 17.7 Å². The topological polar surface area (TPSA) is 58.2 Å². The van der Waals surface area contributed by atoms with Crippen molar-refractivity contribution in [2.45, 2.75) is 6.92 Å². The number of nitrogens with one attached hydrogen (secondary N) is 2. The van der Waals surface area contributed by atoms with Gasteiger partial charge in [-0.25, -0.2) is 0 Å². The number of carbonyl (C=O) groups excluding carboxylic acids is 2. The van der Waals surface area contributed by atoms with Crippen LogP contribution >= 0.6 is 22.9 Å². The summed E-state index contributed by atoms with van der Waals surface area (Å²) in [5, 5.41) is 5.40. The van der Waals surface area contributed by atoms with E-state index in [2.05, 4.69) is 10.6 Å². The van der Waals surface area contributed by atoms with Gasteiger partial charge in [-0.2, -0.15) is 0 Å². The Morgan fingerprint density at radius 1 is 1.11 bits per heavy atom. The number of hydrogen-bond acceptors (Lipinski definition) is 3. The monoisotopic (exact) mass is 294 g/mol. The number of amides is 2. The first kappa shape index (κ1) is 13.6. The SMILES string of the molecule is CC(=O)Nc1cccc(NC(=O)c2ccc(Cl)s2)c1. The lowest BCUT2D eigenvalue weighted by molar-refractivity contribution is -0.114. The van der Waals surface area contributed by atoms with Gasteiger partial charge in [-0.15, -0.1) is 11.3 Å². The van der Waals surface area contributed by atoms with Crippen LogP contribution in [0.4, 0.5) is 11.4 Å². The molecule has 1 heterocycles. The fourth-order valence-electron chi connectivity index (χ4n) is 1.51. The van der Waals surface area contributed by atoms with E-state index in [-0.39, 0.29) is 11.8 Å². The number of halogens is 1. The Morgan fingerprint density at radius 2 is 1.79 bits per heavy atom. The summed E-state index contributed by atoms with van der Waals surface area (Å²) in [6, 6.07) is 10.3. The summed E-state index contributed by atoms with van der Waals surface area (Å²) in [4.78, 5) is 23.4. The zero-order chi connectivity index (χ0) is 13.8. The zero-order valence-corrected chi connectivity index (χ0v) is 11.6. The lowest BCUT2D eigenvalue weighted by Crippen LogP contribution is -2.11. The molecule has 2 aromatic rings. The van der Waals surface area contributed by atoms with Crippen LogP contribution in [0, 0.1) is 0 Å². The molecule has 19 heavy (non-hydrogen) atoms. The van der Waals surface area contributed by atoms with E-state index >= 15 is 0 Å². The first-order valence-corrected chi connectivity index (χ1v) is 6.68. The van der Waals surface area contributed by atoms with Crippen LogP contribution in [0.2, 0.25) is 4.34 Å². The number of carbonyl (C=O) groups is 2. The zero-order valence-electron chi connectivity index (χ0n) is 10.1. The van der Waals surface area contributed by atoms with Crippen LogP contribution in [0.3, 0.4) is 0 Å². The minimum Gasteiger partial charge on any atom is -0.326 e. The Kier molecular flexibility index (Phi) is 4.19. The predicted octanol–water partition coefficient (Wildman–Crippen LogP) is 3.61. The molecule has 0 aliphatic carbocycles. The summed E-state index contributed by atoms with van der Waals surface area (Å²) in [5.74, 6) is -0.384. The van der Waals surface area contributed by atoms with Gasteiger partial charge in [0.2, 0.25) is 5.91 Å². The second-order valence-electron chi connectivity index (χ2n) is 3.82. The van der Waals surface area contributed by atoms with Crippen molar-refractivity contribution in [1.82, 2.24) is 0 Å². The van der Waals surface area contributed by atoms with Crippen molar-refractivity contribution in [3.05, 3.63) is 45.6 Å². The molecule has 4 nitrogen and oxygen atoms in total. The van der Waals surface area contributed by atoms with E-state index in [4.69, 9.17) is 11.6 Å². The molecule has 0 aliphatic heterocycles. The molecule has 0 aliphatic rings. The Bertz CT molecular complexity index is 625. The average Bonchev–Trinajstić information content (AvgIpc) is 2.75. The van der Waals surface area contributed by atoms with Gasteiger partial charge >= 0.3 is 0 Å². The minimum absolute atomic E-state index is 0.159. The second kappa shape index (κ2) is 5.86. The number of benzene rings is 1. The van der Waals surface area contributed by atoms with Crippen LogP contribution in [0.15, 0.2) is 36.4 Å². The number of anilines is 2. The number of hydrogen-bond donors (Lipinski definition) is 2. The van der Waals surface area contributed by atoms with Crippen LogP contribution in [-0.4, -0.2) is 11.8 Å². The third-order valence-electron chi connectivity index (χ3n) is 2.24. The third-order valence-corrected chi connectivity index (χ3v) is 3.47. The van der Waals surface area contributed by atoms with Gasteiger partial charge in [0.1, 0.15) is 0 Å². The highest BCUT2D eigenvalue weighted by Gasteiger charge is 2.09. The molecule has 0 atom stereocenters. The van der Waals surface area contributed by atoms with Gasteiger partial charge in [0.05, 0.1) is 9.21 Å². The molecule has 6 heteroatoms. The van der Waals surface area contributed by atoms with Gasteiger partial charge in [0.25, 0.3) is 5.91 Å². The lowest BCUT2D eigenvalue weighted by atomic mass is 10.2. The summed E-state index contributed by atoms with van der Waals surface area (Å²) >= 11 is 6.99. The highest BCUT2D eigenvalue weighted by molar-refractivity contribution is 7.18. The molecule has 0 fully saturated rings. The van der Waals surface area contributed by atoms with E-state index < -0.39 is 0 Å². The molecule has 0 radical (unpaired) electrons. The summed E-state index contributed by atoms with van der Waals surface area (Å²) in [7, 11) is 0. The summed E-state index contributed by atoms with van der Waals surface area (Å²) < 4.78 is 0.567. The molecule has 1 aromatic heterocycles. The van der Waals surface area contributed by atoms with Gasteiger partial charge in [0, 0.05) is 18.3 Å². The van der Waals surface area contributed by atoms with E-state index in [9.17, 15) is 9.59 Å². The molecule has 2 amide bonds. The van der Waals surface area contributed by atoms with E-state index in [0.717, 1.165) is 0 Å². The highest BCUT2D eigenvalue weighted by atomic mass is 35.5. The molecule has 0 unspecified atom stereocenters. The Labute approximate surface area is 119 Å². The predicted molar refractivity (Wildman–Crippen MR) is 78.0 cm³/mol. The fourth-order valence-corrected chi connectivity index (χ4v) is 2.45. The van der Waals surface area contributed by atoms with E-state index in [0.29, 0.717) is 20.6 Å². The van der Waals surface area contributed by atoms with Crippen molar-refractivity contribution in [2.24, 2.45) is 0 Å². The molecule has 0 bridgehead atoms. The van der Waals surface area contributed by atoms with Gasteiger partial charge in [-0.05, 0) is 30.3 Å². The molecule has 0 saturated heterocycles. The molecule has 2 rings (SSSR count). The van der Waals surface area contributed by atoms with E-state index in [1.165, 1.54) is 18.3 Å². The van der Waals surface area contributed by atoms with E-state index in [1.54, 1.807) is 36.4 Å². The third kappa shape index (κ3) is 3.81. The van der Waals surface area contributed by atoms with Crippen LogP contribution in [0.5, 0.6) is 0 Å². The normalized spacial score (nSPS) is 10.0. The van der Waals surface area contributed by atoms with Crippen molar-refractivity contribution in [3.63, 3.8) is 0 Å². The van der Waals surface area contributed by atoms with Gasteiger partial charge < -0.3 is 10.6 Å². The Morgan fingerprint density at radius 3 is 2.37 bits per heavy atom. The highest BCUT2D eigenvalue weighted by Crippen LogP contribution is 2.23. The second-order valence-corrected chi connectivity index (χ2v) is 5.53. The van der Waals surface area contributed by atoms with Crippen LogP contribution < -0.4 is 10.6 Å². The Hall–Kier alpha value is -1.85. The molecule has 2 N–H and O–H groups in total. The van der Waals surface area contributed by atoms with Gasteiger partial charge in [0.15, 0.2) is 0 Å². The van der Waals surface area contributed by atoms with Gasteiger partial charge in [-0.3, -0.25) is 9.59 Å². The smallest absolute Gasteiger partial charge is 0.265 e. The standard InChI is InChI=1S/C13H11ClN2O2S/c1-8(17)15-9-3-2-4-10(7-9)16-13(18)11-5-6-12(14)19-11/h2-7H,1H3,(H,15,17)(H,16,18). The van der Waals surface area contributed by atoms with Crippen molar-refractivity contribution < 1.29 is 9.59 Å². The maximum absolute atomic E-state index is 11.9. The fraction of sp³-hybridized carbons (Fsp3) is 0.0769.